The highest BCUT2D eigenvalue weighted by Gasteiger charge is 2.24. The normalized spacial score (nSPS) is 12.3. The number of nitrogens with one attached hydrogen (secondary N) is 1. The average molecular weight is 267 g/mol. The molecule has 0 saturated heterocycles. The number of hydrogen-bond acceptors (Lipinski definition) is 4. The quantitative estimate of drug-likeness (QED) is 0.830. The molecule has 1 aromatic heterocycles. The van der Waals surface area contributed by atoms with Gasteiger partial charge in [-0.2, -0.15) is 0 Å². The lowest BCUT2D eigenvalue weighted by atomic mass is 10.0. The van der Waals surface area contributed by atoms with Crippen LogP contribution in [0.3, 0.4) is 0 Å². The Morgan fingerprint density at radius 3 is 2.42 bits per heavy atom. The Balaban J connectivity index is 2.81. The van der Waals surface area contributed by atoms with E-state index in [1.54, 1.807) is 19.9 Å². The lowest BCUT2D eigenvalue weighted by Gasteiger charge is -2.18. The van der Waals surface area contributed by atoms with Crippen molar-refractivity contribution in [3.8, 4) is 0 Å². The first kappa shape index (κ1) is 15.3. The van der Waals surface area contributed by atoms with E-state index in [1.807, 2.05) is 13.8 Å². The fourth-order valence-corrected chi connectivity index (χ4v) is 1.92. The monoisotopic (exact) mass is 267 g/mol. The Kier molecular flexibility index (Phi) is 5.15. The molecule has 5 heteroatoms. The first-order valence-electron chi connectivity index (χ1n) is 6.30. The Morgan fingerprint density at radius 1 is 1.37 bits per heavy atom. The summed E-state index contributed by atoms with van der Waals surface area (Å²) >= 11 is 0. The number of furan rings is 1. The summed E-state index contributed by atoms with van der Waals surface area (Å²) in [6.45, 7) is 7.46. The fourth-order valence-electron chi connectivity index (χ4n) is 1.92. The molecule has 0 spiro atoms. The molecular formula is C14H21NO4. The number of amides is 1. The van der Waals surface area contributed by atoms with Crippen LogP contribution in [0.2, 0.25) is 0 Å². The molecule has 0 aliphatic carbocycles. The van der Waals surface area contributed by atoms with Crippen LogP contribution in [-0.2, 0) is 9.53 Å². The maximum atomic E-state index is 12.1. The summed E-state index contributed by atoms with van der Waals surface area (Å²) in [7, 11) is 1.31. The van der Waals surface area contributed by atoms with E-state index in [4.69, 9.17) is 9.15 Å². The van der Waals surface area contributed by atoms with Gasteiger partial charge in [-0.05, 0) is 32.3 Å². The third kappa shape index (κ3) is 4.12. The van der Waals surface area contributed by atoms with Crippen molar-refractivity contribution in [2.24, 2.45) is 5.92 Å². The van der Waals surface area contributed by atoms with Gasteiger partial charge in [0, 0.05) is 0 Å². The van der Waals surface area contributed by atoms with Crippen molar-refractivity contribution >= 4 is 11.9 Å². The molecule has 1 aromatic rings. The van der Waals surface area contributed by atoms with Gasteiger partial charge in [-0.1, -0.05) is 13.8 Å². The number of carbonyl (C=O) groups is 2. The van der Waals surface area contributed by atoms with Gasteiger partial charge in [-0.25, -0.2) is 4.79 Å². The van der Waals surface area contributed by atoms with E-state index in [9.17, 15) is 9.59 Å². The van der Waals surface area contributed by atoms with Crippen LogP contribution in [-0.4, -0.2) is 25.0 Å². The van der Waals surface area contributed by atoms with Crippen LogP contribution in [0.25, 0.3) is 0 Å². The van der Waals surface area contributed by atoms with Gasteiger partial charge in [0.2, 0.25) is 0 Å². The number of aryl methyl sites for hydroxylation is 2. The number of methoxy groups -OCH3 is 1. The summed E-state index contributed by atoms with van der Waals surface area (Å²) in [5.74, 6) is 0.742. The predicted molar refractivity (Wildman–Crippen MR) is 70.9 cm³/mol. The van der Waals surface area contributed by atoms with Crippen molar-refractivity contribution in [1.29, 1.82) is 0 Å². The van der Waals surface area contributed by atoms with Crippen molar-refractivity contribution in [1.82, 2.24) is 5.32 Å². The molecule has 1 heterocycles. The Labute approximate surface area is 113 Å². The largest absolute Gasteiger partial charge is 0.467 e. The first-order valence-corrected chi connectivity index (χ1v) is 6.30. The van der Waals surface area contributed by atoms with Gasteiger partial charge in [0.25, 0.3) is 5.91 Å². The molecule has 1 amide bonds. The van der Waals surface area contributed by atoms with Gasteiger partial charge < -0.3 is 14.5 Å². The van der Waals surface area contributed by atoms with Gasteiger partial charge in [-0.15, -0.1) is 0 Å². The van der Waals surface area contributed by atoms with E-state index >= 15 is 0 Å². The Hall–Kier alpha value is -1.78. The third-order valence-electron chi connectivity index (χ3n) is 2.78. The second-order valence-corrected chi connectivity index (χ2v) is 5.01. The molecular weight excluding hydrogens is 246 g/mol. The van der Waals surface area contributed by atoms with E-state index in [1.165, 1.54) is 7.11 Å². The van der Waals surface area contributed by atoms with Crippen LogP contribution < -0.4 is 5.32 Å². The molecule has 0 saturated carbocycles. The summed E-state index contributed by atoms with van der Waals surface area (Å²) in [5, 5.41) is 2.70. The number of hydrogen-bond donors (Lipinski definition) is 1. The number of rotatable bonds is 5. The molecule has 106 valence electrons. The SMILES string of the molecule is COC(=O)[C@@H](CC(C)C)NC(=O)c1cc(C)oc1C. The van der Waals surface area contributed by atoms with Crippen LogP contribution in [0.1, 0.15) is 42.1 Å². The zero-order chi connectivity index (χ0) is 14.6. The molecule has 0 aliphatic heterocycles. The lowest BCUT2D eigenvalue weighted by molar-refractivity contribution is -0.143. The van der Waals surface area contributed by atoms with E-state index in [0.29, 0.717) is 23.5 Å². The highest BCUT2D eigenvalue weighted by atomic mass is 16.5. The molecule has 0 unspecified atom stereocenters. The molecule has 19 heavy (non-hydrogen) atoms. The van der Waals surface area contributed by atoms with Crippen molar-refractivity contribution in [2.75, 3.05) is 7.11 Å². The van der Waals surface area contributed by atoms with Crippen LogP contribution in [0, 0.1) is 19.8 Å². The first-order chi connectivity index (χ1) is 8.85. The van der Waals surface area contributed by atoms with Gasteiger partial charge in [0.15, 0.2) is 0 Å². The molecule has 1 atom stereocenters. The lowest BCUT2D eigenvalue weighted by Crippen LogP contribution is -2.42. The zero-order valence-corrected chi connectivity index (χ0v) is 12.1. The van der Waals surface area contributed by atoms with E-state index in [2.05, 4.69) is 5.32 Å². The summed E-state index contributed by atoms with van der Waals surface area (Å²) in [5.41, 5.74) is 0.454. The zero-order valence-electron chi connectivity index (χ0n) is 12.1. The summed E-state index contributed by atoms with van der Waals surface area (Å²) in [6, 6.07) is 1.03. The molecule has 0 aliphatic rings. The van der Waals surface area contributed by atoms with Crippen LogP contribution in [0.5, 0.6) is 0 Å². The molecule has 0 bridgehead atoms. The topological polar surface area (TPSA) is 68.5 Å². The van der Waals surface area contributed by atoms with Crippen molar-refractivity contribution < 1.29 is 18.7 Å². The molecule has 1 rings (SSSR count). The van der Waals surface area contributed by atoms with E-state index in [-0.39, 0.29) is 11.8 Å². The number of ether oxygens (including phenoxy) is 1. The average Bonchev–Trinajstić information content (AvgIpc) is 2.66. The van der Waals surface area contributed by atoms with Crippen LogP contribution >= 0.6 is 0 Å². The van der Waals surface area contributed by atoms with Gasteiger partial charge >= 0.3 is 5.97 Å². The van der Waals surface area contributed by atoms with Crippen LogP contribution in [0.15, 0.2) is 10.5 Å². The minimum Gasteiger partial charge on any atom is -0.467 e. The Bertz CT molecular complexity index is 462. The van der Waals surface area contributed by atoms with E-state index < -0.39 is 12.0 Å². The van der Waals surface area contributed by atoms with Crippen molar-refractivity contribution in [3.63, 3.8) is 0 Å². The van der Waals surface area contributed by atoms with Crippen molar-refractivity contribution in [3.05, 3.63) is 23.2 Å². The second-order valence-electron chi connectivity index (χ2n) is 5.01. The highest BCUT2D eigenvalue weighted by Crippen LogP contribution is 2.14. The molecule has 1 N–H and O–H groups in total. The minimum absolute atomic E-state index is 0.275. The smallest absolute Gasteiger partial charge is 0.328 e. The standard InChI is InChI=1S/C14H21NO4/c1-8(2)6-12(14(17)18-5)15-13(16)11-7-9(3)19-10(11)4/h7-8,12H,6H2,1-5H3,(H,15,16)/t12-/m1/s1. The predicted octanol–water partition coefficient (Wildman–Crippen LogP) is 2.21. The molecule has 0 aromatic carbocycles. The highest BCUT2D eigenvalue weighted by molar-refractivity contribution is 5.97. The van der Waals surface area contributed by atoms with Crippen LogP contribution in [0.4, 0.5) is 0 Å². The van der Waals surface area contributed by atoms with Gasteiger partial charge in [0.05, 0.1) is 12.7 Å². The minimum atomic E-state index is -0.632. The Morgan fingerprint density at radius 2 is 2.00 bits per heavy atom. The second kappa shape index (κ2) is 6.41. The van der Waals surface area contributed by atoms with E-state index in [0.717, 1.165) is 0 Å². The van der Waals surface area contributed by atoms with Crippen molar-refractivity contribution in [2.45, 2.75) is 40.2 Å². The number of carbonyl (C=O) groups excluding carboxylic acids is 2. The third-order valence-corrected chi connectivity index (χ3v) is 2.78. The maximum absolute atomic E-state index is 12.1. The summed E-state index contributed by atoms with van der Waals surface area (Å²) in [6.07, 6.45) is 0.536. The molecule has 0 fully saturated rings. The fraction of sp³-hybridized carbons (Fsp3) is 0.571. The maximum Gasteiger partial charge on any atom is 0.328 e. The van der Waals surface area contributed by atoms with Gasteiger partial charge in [-0.3, -0.25) is 4.79 Å². The molecule has 0 radical (unpaired) electrons. The summed E-state index contributed by atoms with van der Waals surface area (Å²) < 4.78 is 10.0. The van der Waals surface area contributed by atoms with Gasteiger partial charge in [0.1, 0.15) is 17.6 Å². The summed E-state index contributed by atoms with van der Waals surface area (Å²) in [4.78, 5) is 23.8. The number of esters is 1. The molecule has 5 nitrogen and oxygen atoms in total.